The highest BCUT2D eigenvalue weighted by Gasteiger charge is 2.30. The number of hydrogen-bond acceptors (Lipinski definition) is 2. The lowest BCUT2D eigenvalue weighted by Gasteiger charge is -2.41. The number of aryl methyl sites for hydroxylation is 1. The van der Waals surface area contributed by atoms with E-state index in [-0.39, 0.29) is 0 Å². The van der Waals surface area contributed by atoms with E-state index >= 15 is 0 Å². The molecule has 2 heteroatoms. The number of rotatable bonds is 4. The average Bonchev–Trinajstić information content (AvgIpc) is 2.52. The van der Waals surface area contributed by atoms with Crippen molar-refractivity contribution >= 4 is 0 Å². The normalized spacial score (nSPS) is 21.3. The Balaban J connectivity index is 1.89. The summed E-state index contributed by atoms with van der Waals surface area (Å²) in [6.07, 6.45) is 7.12. The quantitative estimate of drug-likeness (QED) is 0.757. The third-order valence-corrected chi connectivity index (χ3v) is 5.10. The first-order chi connectivity index (χ1) is 10.6. The minimum absolute atomic E-state index is 0.580. The molecule has 1 aromatic carbocycles. The fourth-order valence-electron chi connectivity index (χ4n) is 4.04. The van der Waals surface area contributed by atoms with Crippen molar-refractivity contribution in [1.82, 2.24) is 4.90 Å². The van der Waals surface area contributed by atoms with Crippen molar-refractivity contribution in [2.75, 3.05) is 20.2 Å². The topological polar surface area (TPSA) is 12.5 Å². The molecule has 0 radical (unpaired) electrons. The summed E-state index contributed by atoms with van der Waals surface area (Å²) in [5, 5.41) is 0. The molecule has 1 unspecified atom stereocenters. The van der Waals surface area contributed by atoms with Crippen molar-refractivity contribution < 1.29 is 4.74 Å². The zero-order valence-corrected chi connectivity index (χ0v) is 14.5. The summed E-state index contributed by atoms with van der Waals surface area (Å²) in [6, 6.07) is 5.28. The fraction of sp³-hybridized carbons (Fsp3) is 0.600. The zero-order chi connectivity index (χ0) is 15.7. The van der Waals surface area contributed by atoms with E-state index in [1.807, 2.05) is 0 Å². The first-order valence-corrected chi connectivity index (χ1v) is 8.74. The highest BCUT2D eigenvalue weighted by atomic mass is 16.5. The minimum atomic E-state index is 0.580. The van der Waals surface area contributed by atoms with Gasteiger partial charge in [0.05, 0.1) is 7.11 Å². The zero-order valence-electron chi connectivity index (χ0n) is 14.5. The second-order valence-corrected chi connectivity index (χ2v) is 7.15. The monoisotopic (exact) mass is 299 g/mol. The summed E-state index contributed by atoms with van der Waals surface area (Å²) in [4.78, 5) is 2.69. The number of benzene rings is 1. The van der Waals surface area contributed by atoms with Gasteiger partial charge in [-0.2, -0.15) is 0 Å². The molecule has 0 amide bonds. The van der Waals surface area contributed by atoms with Crippen LogP contribution in [0.5, 0.6) is 5.75 Å². The molecule has 1 aromatic rings. The Morgan fingerprint density at radius 2 is 2.14 bits per heavy atom. The van der Waals surface area contributed by atoms with E-state index in [1.165, 1.54) is 30.5 Å². The van der Waals surface area contributed by atoms with E-state index in [2.05, 4.69) is 43.9 Å². The van der Waals surface area contributed by atoms with E-state index < -0.39 is 0 Å². The first-order valence-electron chi connectivity index (χ1n) is 8.74. The third kappa shape index (κ3) is 2.94. The molecule has 0 fully saturated rings. The van der Waals surface area contributed by atoms with E-state index in [1.54, 1.807) is 18.2 Å². The molecule has 0 spiro atoms. The maximum absolute atomic E-state index is 5.57. The van der Waals surface area contributed by atoms with E-state index in [4.69, 9.17) is 4.74 Å². The molecule has 22 heavy (non-hydrogen) atoms. The number of fused-ring (bicyclic) bond motifs is 3. The summed E-state index contributed by atoms with van der Waals surface area (Å²) in [5.41, 5.74) is 6.03. The Morgan fingerprint density at radius 1 is 1.32 bits per heavy atom. The molecule has 0 bridgehead atoms. The molecule has 2 aliphatic heterocycles. The van der Waals surface area contributed by atoms with Gasteiger partial charge in [-0.05, 0) is 54.4 Å². The van der Waals surface area contributed by atoms with E-state index in [9.17, 15) is 0 Å². The van der Waals surface area contributed by atoms with Gasteiger partial charge in [-0.25, -0.2) is 0 Å². The maximum Gasteiger partial charge on any atom is 0.122 e. The van der Waals surface area contributed by atoms with Gasteiger partial charge in [0.25, 0.3) is 0 Å². The van der Waals surface area contributed by atoms with Gasteiger partial charge in [-0.3, -0.25) is 4.90 Å². The van der Waals surface area contributed by atoms with Crippen LogP contribution in [0.15, 0.2) is 23.8 Å². The van der Waals surface area contributed by atoms with Crippen LogP contribution in [0.2, 0.25) is 0 Å². The van der Waals surface area contributed by atoms with Gasteiger partial charge in [0.2, 0.25) is 0 Å². The lowest BCUT2D eigenvalue weighted by Crippen LogP contribution is -2.39. The van der Waals surface area contributed by atoms with Gasteiger partial charge >= 0.3 is 0 Å². The van der Waals surface area contributed by atoms with Gasteiger partial charge in [0.1, 0.15) is 5.75 Å². The molecule has 0 aliphatic carbocycles. The van der Waals surface area contributed by atoms with Crippen molar-refractivity contribution in [3.05, 3.63) is 40.5 Å². The number of methoxy groups -OCH3 is 1. The Bertz CT molecular complexity index is 573. The third-order valence-electron chi connectivity index (χ3n) is 5.10. The van der Waals surface area contributed by atoms with Gasteiger partial charge in [0, 0.05) is 19.1 Å². The molecule has 0 aromatic heterocycles. The summed E-state index contributed by atoms with van der Waals surface area (Å²) >= 11 is 0. The molecule has 0 saturated carbocycles. The first kappa shape index (κ1) is 15.6. The second kappa shape index (κ2) is 6.45. The summed E-state index contributed by atoms with van der Waals surface area (Å²) in [6.45, 7) is 9.19. The van der Waals surface area contributed by atoms with Crippen LogP contribution in [0.25, 0.3) is 0 Å². The lowest BCUT2D eigenvalue weighted by atomic mass is 9.85. The van der Waals surface area contributed by atoms with Crippen LogP contribution in [-0.2, 0) is 12.8 Å². The summed E-state index contributed by atoms with van der Waals surface area (Å²) in [7, 11) is 1.79. The molecule has 2 aliphatic rings. The van der Waals surface area contributed by atoms with Crippen LogP contribution in [0, 0.1) is 5.92 Å². The van der Waals surface area contributed by atoms with E-state index in [0.717, 1.165) is 31.1 Å². The smallest absolute Gasteiger partial charge is 0.122 e. The van der Waals surface area contributed by atoms with Crippen molar-refractivity contribution in [3.8, 4) is 5.75 Å². The minimum Gasteiger partial charge on any atom is -0.496 e. The molecule has 3 rings (SSSR count). The van der Waals surface area contributed by atoms with Crippen LogP contribution >= 0.6 is 0 Å². The van der Waals surface area contributed by atoms with Crippen LogP contribution in [-0.4, -0.2) is 25.1 Å². The Kier molecular flexibility index (Phi) is 4.58. The van der Waals surface area contributed by atoms with Crippen molar-refractivity contribution in [2.24, 2.45) is 5.92 Å². The molecule has 120 valence electrons. The second-order valence-electron chi connectivity index (χ2n) is 7.15. The largest absolute Gasteiger partial charge is 0.496 e. The number of nitrogens with zero attached hydrogens (tertiary/aromatic N) is 1. The van der Waals surface area contributed by atoms with Crippen molar-refractivity contribution in [2.45, 2.75) is 52.5 Å². The lowest BCUT2D eigenvalue weighted by molar-refractivity contribution is 0.187. The molecule has 2 nitrogen and oxygen atoms in total. The van der Waals surface area contributed by atoms with Gasteiger partial charge in [-0.15, -0.1) is 0 Å². The van der Waals surface area contributed by atoms with Crippen LogP contribution in [0.4, 0.5) is 0 Å². The van der Waals surface area contributed by atoms with Gasteiger partial charge < -0.3 is 4.74 Å². The predicted octanol–water partition coefficient (Wildman–Crippen LogP) is 4.53. The van der Waals surface area contributed by atoms with Gasteiger partial charge in [-0.1, -0.05) is 38.5 Å². The molecular formula is C20H29NO. The Hall–Kier alpha value is -1.28. The highest BCUT2D eigenvalue weighted by Crippen LogP contribution is 2.39. The fourth-order valence-corrected chi connectivity index (χ4v) is 4.04. The van der Waals surface area contributed by atoms with Crippen LogP contribution in [0.1, 0.15) is 56.3 Å². The average molecular weight is 299 g/mol. The standard InChI is InChI=1S/C20H29NO/c1-5-16-11-18-17(12-20(16)22-4)8-9-21-13-15(10-14(2)3)6-7-19(18)21/h6,11-12,14,19H,5,7-10,13H2,1-4H3. The molecule has 1 atom stereocenters. The van der Waals surface area contributed by atoms with Crippen molar-refractivity contribution in [1.29, 1.82) is 0 Å². The summed E-state index contributed by atoms with van der Waals surface area (Å²) < 4.78 is 5.57. The molecule has 0 N–H and O–H groups in total. The van der Waals surface area contributed by atoms with E-state index in [0.29, 0.717) is 6.04 Å². The SMILES string of the molecule is CCc1cc2c(cc1OC)CCN1CC(CC(C)C)=CCC21. The van der Waals surface area contributed by atoms with Gasteiger partial charge in [0.15, 0.2) is 0 Å². The molecular weight excluding hydrogens is 270 g/mol. The number of hydrogen-bond donors (Lipinski definition) is 0. The predicted molar refractivity (Wildman–Crippen MR) is 92.5 cm³/mol. The summed E-state index contributed by atoms with van der Waals surface area (Å²) in [5.74, 6) is 1.83. The maximum atomic E-state index is 5.57. The molecule has 0 saturated heterocycles. The Morgan fingerprint density at radius 3 is 2.82 bits per heavy atom. The molecule has 2 heterocycles. The number of ether oxygens (including phenoxy) is 1. The Labute approximate surface area is 135 Å². The van der Waals surface area contributed by atoms with Crippen LogP contribution in [0.3, 0.4) is 0 Å². The van der Waals surface area contributed by atoms with Crippen LogP contribution < -0.4 is 4.74 Å². The highest BCUT2D eigenvalue weighted by molar-refractivity contribution is 5.46. The van der Waals surface area contributed by atoms with Crippen molar-refractivity contribution in [3.63, 3.8) is 0 Å².